The molecule has 1 unspecified atom stereocenters. The highest BCUT2D eigenvalue weighted by Gasteiger charge is 2.20. The van der Waals surface area contributed by atoms with Gasteiger partial charge >= 0.3 is 0 Å². The third kappa shape index (κ3) is 3.33. The second kappa shape index (κ2) is 5.95. The molecule has 0 N–H and O–H groups in total. The number of aldehydes is 1. The van der Waals surface area contributed by atoms with E-state index < -0.39 is 0 Å². The zero-order chi connectivity index (χ0) is 9.52. The first-order valence-electron chi connectivity index (χ1n) is 5.45. The van der Waals surface area contributed by atoms with Gasteiger partial charge in [0.25, 0.3) is 0 Å². The molecule has 1 rings (SSSR count). The number of rotatable bonds is 4. The normalized spacial score (nSPS) is 21.9. The molecular weight excluding hydrogens is 160 g/mol. The Morgan fingerprint density at radius 3 is 2.54 bits per heavy atom. The summed E-state index contributed by atoms with van der Waals surface area (Å²) in [5.74, 6) is 1.29. The van der Waals surface area contributed by atoms with Gasteiger partial charge in [0.2, 0.25) is 0 Å². The van der Waals surface area contributed by atoms with Crippen molar-refractivity contribution in [3.05, 3.63) is 12.2 Å². The molecule has 1 saturated carbocycles. The average Bonchev–Trinajstić information content (AvgIpc) is 2.19. The van der Waals surface area contributed by atoms with Crippen LogP contribution in [0.4, 0.5) is 0 Å². The number of allylic oxidation sites excluding steroid dienone is 2. The molecule has 0 heterocycles. The van der Waals surface area contributed by atoms with Crippen LogP contribution < -0.4 is 0 Å². The van der Waals surface area contributed by atoms with Crippen molar-refractivity contribution in [2.45, 2.75) is 45.4 Å². The molecule has 0 amide bonds. The number of carbonyl (C=O) groups excluding carboxylic acids is 1. The molecule has 0 aliphatic heterocycles. The topological polar surface area (TPSA) is 17.1 Å². The first-order valence-corrected chi connectivity index (χ1v) is 5.45. The Kier molecular flexibility index (Phi) is 4.81. The van der Waals surface area contributed by atoms with Crippen molar-refractivity contribution in [1.82, 2.24) is 0 Å². The van der Waals surface area contributed by atoms with Crippen molar-refractivity contribution < 1.29 is 4.79 Å². The van der Waals surface area contributed by atoms with Crippen LogP contribution in [-0.4, -0.2) is 6.29 Å². The molecule has 1 atom stereocenters. The lowest BCUT2D eigenvalue weighted by atomic mass is 9.78. The highest BCUT2D eigenvalue weighted by atomic mass is 16.1. The Balaban J connectivity index is 2.45. The van der Waals surface area contributed by atoms with Gasteiger partial charge in [0.1, 0.15) is 6.29 Å². The van der Waals surface area contributed by atoms with Gasteiger partial charge in [-0.3, -0.25) is 0 Å². The van der Waals surface area contributed by atoms with Crippen LogP contribution in [0.3, 0.4) is 0 Å². The largest absolute Gasteiger partial charge is 0.303 e. The molecule has 0 saturated heterocycles. The van der Waals surface area contributed by atoms with Crippen molar-refractivity contribution in [2.75, 3.05) is 0 Å². The average molecular weight is 180 g/mol. The van der Waals surface area contributed by atoms with Gasteiger partial charge in [-0.25, -0.2) is 0 Å². The highest BCUT2D eigenvalue weighted by molar-refractivity contribution is 5.50. The number of carbonyl (C=O) groups is 1. The van der Waals surface area contributed by atoms with Crippen LogP contribution in [-0.2, 0) is 4.79 Å². The lowest BCUT2D eigenvalue weighted by Gasteiger charge is -2.26. The first-order chi connectivity index (χ1) is 6.38. The lowest BCUT2D eigenvalue weighted by Crippen LogP contribution is -2.16. The van der Waals surface area contributed by atoms with Crippen LogP contribution in [0.15, 0.2) is 12.2 Å². The summed E-state index contributed by atoms with van der Waals surface area (Å²) >= 11 is 0. The predicted molar refractivity (Wildman–Crippen MR) is 55.6 cm³/mol. The molecule has 0 aromatic carbocycles. The van der Waals surface area contributed by atoms with Gasteiger partial charge in [0.15, 0.2) is 0 Å². The van der Waals surface area contributed by atoms with Gasteiger partial charge in [-0.1, -0.05) is 31.4 Å². The third-order valence-electron chi connectivity index (χ3n) is 3.06. The number of hydrogen-bond acceptors (Lipinski definition) is 1. The van der Waals surface area contributed by atoms with Crippen molar-refractivity contribution in [3.63, 3.8) is 0 Å². The van der Waals surface area contributed by atoms with Crippen LogP contribution in [0.2, 0.25) is 0 Å². The van der Waals surface area contributed by atoms with E-state index in [1.54, 1.807) is 0 Å². The van der Waals surface area contributed by atoms with Gasteiger partial charge in [0.05, 0.1) is 0 Å². The quantitative estimate of drug-likeness (QED) is 0.479. The van der Waals surface area contributed by atoms with E-state index in [4.69, 9.17) is 0 Å². The molecule has 0 radical (unpaired) electrons. The zero-order valence-electron chi connectivity index (χ0n) is 8.54. The van der Waals surface area contributed by atoms with Crippen molar-refractivity contribution in [1.29, 1.82) is 0 Å². The standard InChI is InChI=1S/C12H20O/c1-2-6-11(9-10-13)12-7-4-3-5-8-12/h2,6,10-12H,3-5,7-9H2,1H3/b6-2+. The minimum Gasteiger partial charge on any atom is -0.303 e. The minimum atomic E-state index is 0.516. The molecule has 1 nitrogen and oxygen atoms in total. The van der Waals surface area contributed by atoms with Gasteiger partial charge in [-0.05, 0) is 31.6 Å². The Morgan fingerprint density at radius 1 is 1.31 bits per heavy atom. The smallest absolute Gasteiger partial charge is 0.120 e. The third-order valence-corrected chi connectivity index (χ3v) is 3.06. The fraction of sp³-hybridized carbons (Fsp3) is 0.750. The predicted octanol–water partition coefficient (Wildman–Crippen LogP) is 3.35. The van der Waals surface area contributed by atoms with Gasteiger partial charge < -0.3 is 4.79 Å². The molecule has 1 aliphatic carbocycles. The second-order valence-corrected chi connectivity index (χ2v) is 3.99. The molecule has 1 fully saturated rings. The molecule has 1 heteroatoms. The van der Waals surface area contributed by atoms with Crippen LogP contribution in [0.5, 0.6) is 0 Å². The maximum Gasteiger partial charge on any atom is 0.120 e. The SMILES string of the molecule is C/C=C/C(CC=O)C1CCCCC1. The molecule has 13 heavy (non-hydrogen) atoms. The van der Waals surface area contributed by atoms with Crippen LogP contribution in [0.25, 0.3) is 0 Å². The molecule has 0 aromatic rings. The summed E-state index contributed by atoms with van der Waals surface area (Å²) in [5, 5.41) is 0. The van der Waals surface area contributed by atoms with Crippen molar-refractivity contribution >= 4 is 6.29 Å². The Bertz CT molecular complexity index is 166. The Labute approximate surface area is 81.2 Å². The molecule has 0 aromatic heterocycles. The minimum absolute atomic E-state index is 0.516. The van der Waals surface area contributed by atoms with E-state index in [0.29, 0.717) is 5.92 Å². The van der Waals surface area contributed by atoms with Gasteiger partial charge in [-0.2, -0.15) is 0 Å². The summed E-state index contributed by atoms with van der Waals surface area (Å²) in [7, 11) is 0. The summed E-state index contributed by atoms with van der Waals surface area (Å²) < 4.78 is 0. The molecule has 1 aliphatic rings. The molecular formula is C12H20O. The summed E-state index contributed by atoms with van der Waals surface area (Å²) in [4.78, 5) is 10.5. The highest BCUT2D eigenvalue weighted by Crippen LogP contribution is 2.31. The lowest BCUT2D eigenvalue weighted by molar-refractivity contribution is -0.108. The van der Waals surface area contributed by atoms with E-state index in [-0.39, 0.29) is 0 Å². The summed E-state index contributed by atoms with van der Waals surface area (Å²) in [6.45, 7) is 2.04. The van der Waals surface area contributed by atoms with E-state index in [1.807, 2.05) is 6.92 Å². The summed E-state index contributed by atoms with van der Waals surface area (Å²) in [6.07, 6.45) is 12.8. The monoisotopic (exact) mass is 180 g/mol. The van der Waals surface area contributed by atoms with E-state index in [0.717, 1.165) is 18.6 Å². The first kappa shape index (κ1) is 10.5. The van der Waals surface area contributed by atoms with Gasteiger partial charge in [0, 0.05) is 6.42 Å². The van der Waals surface area contributed by atoms with Crippen LogP contribution in [0, 0.1) is 11.8 Å². The summed E-state index contributed by atoms with van der Waals surface area (Å²) in [5.41, 5.74) is 0. The fourth-order valence-electron chi connectivity index (χ4n) is 2.35. The van der Waals surface area contributed by atoms with Crippen molar-refractivity contribution in [3.8, 4) is 0 Å². The van der Waals surface area contributed by atoms with E-state index >= 15 is 0 Å². The van der Waals surface area contributed by atoms with Crippen LogP contribution >= 0.6 is 0 Å². The van der Waals surface area contributed by atoms with Gasteiger partial charge in [-0.15, -0.1) is 0 Å². The maximum absolute atomic E-state index is 10.5. The van der Waals surface area contributed by atoms with Crippen LogP contribution in [0.1, 0.15) is 45.4 Å². The van der Waals surface area contributed by atoms with E-state index in [1.165, 1.54) is 32.1 Å². The Morgan fingerprint density at radius 2 is 2.00 bits per heavy atom. The summed E-state index contributed by atoms with van der Waals surface area (Å²) in [6, 6.07) is 0. The fourth-order valence-corrected chi connectivity index (χ4v) is 2.35. The number of hydrogen-bond donors (Lipinski definition) is 0. The second-order valence-electron chi connectivity index (χ2n) is 3.99. The van der Waals surface area contributed by atoms with E-state index in [2.05, 4.69) is 12.2 Å². The van der Waals surface area contributed by atoms with E-state index in [9.17, 15) is 4.79 Å². The Hall–Kier alpha value is -0.590. The molecule has 74 valence electrons. The maximum atomic E-state index is 10.5. The zero-order valence-corrected chi connectivity index (χ0v) is 8.54. The molecule has 0 bridgehead atoms. The van der Waals surface area contributed by atoms with Crippen molar-refractivity contribution in [2.24, 2.45) is 11.8 Å². The molecule has 0 spiro atoms.